The molecule has 1 heterocycles. The standard InChI is InChI=1S/C13H16ClN3O/c1-9-11(8-17(16-9)6-5-15)10-3-4-13(18-2)12(14)7-10/h3-4,7-8H,5-6,15H2,1-2H3. The lowest BCUT2D eigenvalue weighted by Gasteiger charge is -2.05. The summed E-state index contributed by atoms with van der Waals surface area (Å²) in [5, 5.41) is 5.01. The van der Waals surface area contributed by atoms with Gasteiger partial charge in [-0.1, -0.05) is 17.7 Å². The van der Waals surface area contributed by atoms with Crippen LogP contribution in [0.2, 0.25) is 5.02 Å². The highest BCUT2D eigenvalue weighted by atomic mass is 35.5. The average Bonchev–Trinajstić information content (AvgIpc) is 2.71. The van der Waals surface area contributed by atoms with Crippen LogP contribution in [0.3, 0.4) is 0 Å². The molecule has 0 unspecified atom stereocenters. The molecule has 2 rings (SSSR count). The van der Waals surface area contributed by atoms with Gasteiger partial charge in [-0.3, -0.25) is 4.68 Å². The highest BCUT2D eigenvalue weighted by Crippen LogP contribution is 2.31. The summed E-state index contributed by atoms with van der Waals surface area (Å²) >= 11 is 6.13. The van der Waals surface area contributed by atoms with Gasteiger partial charge in [0.25, 0.3) is 0 Å². The minimum atomic E-state index is 0.573. The Hall–Kier alpha value is -1.52. The minimum Gasteiger partial charge on any atom is -0.495 e. The zero-order valence-electron chi connectivity index (χ0n) is 10.5. The lowest BCUT2D eigenvalue weighted by atomic mass is 10.1. The second-order valence-corrected chi connectivity index (χ2v) is 4.44. The number of halogens is 1. The van der Waals surface area contributed by atoms with Crippen molar-refractivity contribution in [2.75, 3.05) is 13.7 Å². The van der Waals surface area contributed by atoms with Gasteiger partial charge in [-0.05, 0) is 24.6 Å². The quantitative estimate of drug-likeness (QED) is 0.924. The summed E-state index contributed by atoms with van der Waals surface area (Å²) in [6.07, 6.45) is 1.99. The number of rotatable bonds is 4. The molecular weight excluding hydrogens is 250 g/mol. The third-order valence-corrected chi connectivity index (χ3v) is 3.06. The van der Waals surface area contributed by atoms with E-state index < -0.39 is 0 Å². The second-order valence-electron chi connectivity index (χ2n) is 4.03. The van der Waals surface area contributed by atoms with Crippen LogP contribution in [0.15, 0.2) is 24.4 Å². The molecule has 0 atom stereocenters. The van der Waals surface area contributed by atoms with Crippen molar-refractivity contribution in [2.45, 2.75) is 13.5 Å². The smallest absolute Gasteiger partial charge is 0.137 e. The van der Waals surface area contributed by atoms with Crippen molar-refractivity contribution in [3.8, 4) is 16.9 Å². The van der Waals surface area contributed by atoms with Crippen molar-refractivity contribution in [1.29, 1.82) is 0 Å². The van der Waals surface area contributed by atoms with E-state index >= 15 is 0 Å². The first-order valence-electron chi connectivity index (χ1n) is 5.73. The largest absolute Gasteiger partial charge is 0.495 e. The van der Waals surface area contributed by atoms with Gasteiger partial charge in [-0.15, -0.1) is 0 Å². The summed E-state index contributed by atoms with van der Waals surface area (Å²) in [7, 11) is 1.60. The molecule has 0 saturated heterocycles. The monoisotopic (exact) mass is 265 g/mol. The van der Waals surface area contributed by atoms with E-state index in [1.165, 1.54) is 0 Å². The maximum absolute atomic E-state index is 6.13. The van der Waals surface area contributed by atoms with E-state index in [0.717, 1.165) is 16.8 Å². The van der Waals surface area contributed by atoms with Gasteiger partial charge in [0.05, 0.1) is 24.4 Å². The SMILES string of the molecule is COc1ccc(-c2cn(CCN)nc2C)cc1Cl. The van der Waals surface area contributed by atoms with E-state index in [9.17, 15) is 0 Å². The zero-order chi connectivity index (χ0) is 13.1. The fraction of sp³-hybridized carbons (Fsp3) is 0.308. The Morgan fingerprint density at radius 1 is 1.44 bits per heavy atom. The molecule has 0 aliphatic heterocycles. The molecule has 0 spiro atoms. The molecule has 4 nitrogen and oxygen atoms in total. The Morgan fingerprint density at radius 3 is 2.83 bits per heavy atom. The summed E-state index contributed by atoms with van der Waals surface area (Å²) in [5.74, 6) is 0.674. The Labute approximate surface area is 111 Å². The molecule has 2 aromatic rings. The first-order chi connectivity index (χ1) is 8.65. The Kier molecular flexibility index (Phi) is 3.89. The molecule has 0 amide bonds. The van der Waals surface area contributed by atoms with Crippen molar-refractivity contribution >= 4 is 11.6 Å². The Morgan fingerprint density at radius 2 is 2.22 bits per heavy atom. The lowest BCUT2D eigenvalue weighted by molar-refractivity contribution is 0.415. The second kappa shape index (κ2) is 5.42. The summed E-state index contributed by atoms with van der Waals surface area (Å²) in [4.78, 5) is 0. The van der Waals surface area contributed by atoms with Gasteiger partial charge in [-0.2, -0.15) is 5.10 Å². The molecule has 96 valence electrons. The molecule has 0 radical (unpaired) electrons. The number of hydrogen-bond acceptors (Lipinski definition) is 3. The van der Waals surface area contributed by atoms with Gasteiger partial charge < -0.3 is 10.5 Å². The predicted octanol–water partition coefficient (Wildman–Crippen LogP) is 2.48. The van der Waals surface area contributed by atoms with Crippen LogP contribution in [0.1, 0.15) is 5.69 Å². The van der Waals surface area contributed by atoms with E-state index in [4.69, 9.17) is 22.1 Å². The highest BCUT2D eigenvalue weighted by molar-refractivity contribution is 6.32. The molecule has 1 aromatic carbocycles. The molecule has 2 N–H and O–H groups in total. The summed E-state index contributed by atoms with van der Waals surface area (Å²) < 4.78 is 6.99. The normalized spacial score (nSPS) is 10.7. The van der Waals surface area contributed by atoms with Crippen LogP contribution in [0.4, 0.5) is 0 Å². The number of methoxy groups -OCH3 is 1. The Balaban J connectivity index is 2.39. The molecule has 5 heteroatoms. The number of ether oxygens (including phenoxy) is 1. The molecule has 0 fully saturated rings. The number of hydrogen-bond donors (Lipinski definition) is 1. The van der Waals surface area contributed by atoms with Crippen LogP contribution in [0.25, 0.3) is 11.1 Å². The lowest BCUT2D eigenvalue weighted by Crippen LogP contribution is -2.10. The van der Waals surface area contributed by atoms with Crippen LogP contribution in [0, 0.1) is 6.92 Å². The van der Waals surface area contributed by atoms with E-state index in [1.807, 2.05) is 36.0 Å². The van der Waals surface area contributed by atoms with Gasteiger partial charge in [-0.25, -0.2) is 0 Å². The van der Waals surface area contributed by atoms with Gasteiger partial charge >= 0.3 is 0 Å². The van der Waals surface area contributed by atoms with Crippen molar-refractivity contribution < 1.29 is 4.74 Å². The number of aryl methyl sites for hydroxylation is 1. The number of nitrogens with two attached hydrogens (primary N) is 1. The van der Waals surface area contributed by atoms with Crippen LogP contribution in [-0.4, -0.2) is 23.4 Å². The molecule has 0 aliphatic carbocycles. The first kappa shape index (κ1) is 12.9. The van der Waals surface area contributed by atoms with Crippen molar-refractivity contribution in [2.24, 2.45) is 5.73 Å². The molecule has 0 saturated carbocycles. The first-order valence-corrected chi connectivity index (χ1v) is 6.11. The fourth-order valence-corrected chi connectivity index (χ4v) is 2.14. The number of nitrogens with zero attached hydrogens (tertiary/aromatic N) is 2. The third kappa shape index (κ3) is 2.49. The maximum Gasteiger partial charge on any atom is 0.137 e. The Bertz CT molecular complexity index is 551. The van der Waals surface area contributed by atoms with Crippen LogP contribution < -0.4 is 10.5 Å². The maximum atomic E-state index is 6.13. The van der Waals surface area contributed by atoms with Gasteiger partial charge in [0.2, 0.25) is 0 Å². The van der Waals surface area contributed by atoms with Gasteiger partial charge in [0.15, 0.2) is 0 Å². The summed E-state index contributed by atoms with van der Waals surface area (Å²) in [6.45, 7) is 3.26. The molecular formula is C13H16ClN3O. The third-order valence-electron chi connectivity index (χ3n) is 2.77. The van der Waals surface area contributed by atoms with Crippen LogP contribution in [0.5, 0.6) is 5.75 Å². The van der Waals surface area contributed by atoms with Crippen molar-refractivity contribution in [1.82, 2.24) is 9.78 Å². The number of aromatic nitrogens is 2. The van der Waals surface area contributed by atoms with Crippen molar-refractivity contribution in [3.05, 3.63) is 35.1 Å². The zero-order valence-corrected chi connectivity index (χ0v) is 11.2. The van der Waals surface area contributed by atoms with Crippen LogP contribution >= 0.6 is 11.6 Å². The molecule has 0 bridgehead atoms. The van der Waals surface area contributed by atoms with E-state index in [2.05, 4.69) is 5.10 Å². The van der Waals surface area contributed by atoms with E-state index in [-0.39, 0.29) is 0 Å². The average molecular weight is 266 g/mol. The highest BCUT2D eigenvalue weighted by Gasteiger charge is 2.09. The fourth-order valence-electron chi connectivity index (χ4n) is 1.88. The minimum absolute atomic E-state index is 0.573. The van der Waals surface area contributed by atoms with Crippen molar-refractivity contribution in [3.63, 3.8) is 0 Å². The van der Waals surface area contributed by atoms with Gasteiger partial charge in [0.1, 0.15) is 5.75 Å². The van der Waals surface area contributed by atoms with Crippen LogP contribution in [-0.2, 0) is 6.54 Å². The molecule has 18 heavy (non-hydrogen) atoms. The molecule has 0 aliphatic rings. The predicted molar refractivity (Wildman–Crippen MR) is 73.0 cm³/mol. The number of benzene rings is 1. The van der Waals surface area contributed by atoms with E-state index in [0.29, 0.717) is 23.9 Å². The van der Waals surface area contributed by atoms with Gasteiger partial charge in [0, 0.05) is 18.3 Å². The van der Waals surface area contributed by atoms with E-state index in [1.54, 1.807) is 7.11 Å². The summed E-state index contributed by atoms with van der Waals surface area (Å²) in [5.41, 5.74) is 8.58. The topological polar surface area (TPSA) is 53.1 Å². The molecule has 1 aromatic heterocycles. The summed E-state index contributed by atoms with van der Waals surface area (Å²) in [6, 6.07) is 5.72.